The number of aryl methyl sites for hydroxylation is 1. The van der Waals surface area contributed by atoms with Crippen molar-refractivity contribution >= 4 is 16.9 Å². The Morgan fingerprint density at radius 1 is 1.40 bits per heavy atom. The summed E-state index contributed by atoms with van der Waals surface area (Å²) in [6.07, 6.45) is 2.13. The summed E-state index contributed by atoms with van der Waals surface area (Å²) in [7, 11) is 1.65. The number of nitrogens with one attached hydrogen (secondary N) is 1. The molecule has 1 aromatic carbocycles. The fourth-order valence-electron chi connectivity index (χ4n) is 2.75. The van der Waals surface area contributed by atoms with Crippen LogP contribution in [0.2, 0.25) is 0 Å². The molecule has 1 unspecified atom stereocenters. The normalized spacial score (nSPS) is 17.1. The minimum absolute atomic E-state index is 0.257. The number of aromatic amines is 1. The number of H-pyrrole nitrogens is 1. The van der Waals surface area contributed by atoms with Crippen molar-refractivity contribution in [1.82, 2.24) is 4.98 Å². The Hall–Kier alpha value is -1.97. The lowest BCUT2D eigenvalue weighted by molar-refractivity contribution is -0.142. The maximum atomic E-state index is 11.0. The Balaban J connectivity index is 0.000000704. The van der Waals surface area contributed by atoms with Crippen LogP contribution in [0.15, 0.2) is 18.2 Å². The van der Waals surface area contributed by atoms with Crippen LogP contribution in [-0.2, 0) is 17.6 Å². The molecule has 1 heterocycles. The molecular formula is C16H21NO3. The highest BCUT2D eigenvalue weighted by atomic mass is 16.5. The van der Waals surface area contributed by atoms with Crippen molar-refractivity contribution in [2.45, 2.75) is 33.1 Å². The van der Waals surface area contributed by atoms with E-state index in [-0.39, 0.29) is 5.92 Å². The van der Waals surface area contributed by atoms with Crippen molar-refractivity contribution in [3.8, 4) is 5.75 Å². The Labute approximate surface area is 118 Å². The number of ether oxygens (including phenoxy) is 1. The summed E-state index contributed by atoms with van der Waals surface area (Å²) in [6, 6.07) is 5.92. The molecule has 0 spiro atoms. The highest BCUT2D eigenvalue weighted by Gasteiger charge is 2.26. The summed E-state index contributed by atoms with van der Waals surface area (Å²) in [5.41, 5.74) is 3.38. The first-order valence-electron chi connectivity index (χ1n) is 7.09. The Bertz CT molecular complexity index is 615. The van der Waals surface area contributed by atoms with E-state index in [2.05, 4.69) is 4.98 Å². The zero-order valence-electron chi connectivity index (χ0n) is 12.2. The van der Waals surface area contributed by atoms with Crippen molar-refractivity contribution in [1.29, 1.82) is 0 Å². The molecule has 0 radical (unpaired) electrons. The van der Waals surface area contributed by atoms with E-state index in [9.17, 15) is 4.79 Å². The number of aromatic nitrogens is 1. The number of rotatable bonds is 2. The first-order valence-corrected chi connectivity index (χ1v) is 7.09. The third-order valence-corrected chi connectivity index (χ3v) is 3.74. The number of aliphatic carboxylic acids is 1. The topological polar surface area (TPSA) is 62.3 Å². The van der Waals surface area contributed by atoms with Crippen molar-refractivity contribution < 1.29 is 14.6 Å². The third-order valence-electron chi connectivity index (χ3n) is 3.74. The van der Waals surface area contributed by atoms with Crippen LogP contribution in [-0.4, -0.2) is 23.2 Å². The third kappa shape index (κ3) is 2.50. The van der Waals surface area contributed by atoms with Crippen LogP contribution >= 0.6 is 0 Å². The minimum Gasteiger partial charge on any atom is -0.497 e. The molecule has 1 atom stereocenters. The maximum absolute atomic E-state index is 11.0. The van der Waals surface area contributed by atoms with Gasteiger partial charge in [0.2, 0.25) is 0 Å². The van der Waals surface area contributed by atoms with Crippen LogP contribution in [0.1, 0.15) is 31.5 Å². The fraction of sp³-hybridized carbons (Fsp3) is 0.438. The number of carboxylic acids is 1. The smallest absolute Gasteiger partial charge is 0.306 e. The summed E-state index contributed by atoms with van der Waals surface area (Å²) in [5.74, 6) is -0.117. The second-order valence-electron chi connectivity index (χ2n) is 4.77. The predicted octanol–water partition coefficient (Wildman–Crippen LogP) is 3.39. The lowest BCUT2D eigenvalue weighted by Gasteiger charge is -2.18. The highest BCUT2D eigenvalue weighted by Crippen LogP contribution is 2.33. The van der Waals surface area contributed by atoms with Crippen LogP contribution in [0.3, 0.4) is 0 Å². The van der Waals surface area contributed by atoms with Gasteiger partial charge < -0.3 is 14.8 Å². The number of carbonyl (C=O) groups is 1. The summed E-state index contributed by atoms with van der Waals surface area (Å²) in [6.45, 7) is 4.00. The second-order valence-corrected chi connectivity index (χ2v) is 4.77. The van der Waals surface area contributed by atoms with Crippen LogP contribution in [0.5, 0.6) is 5.75 Å². The molecule has 0 fully saturated rings. The number of carboxylic acid groups (broad SMARTS) is 1. The highest BCUT2D eigenvalue weighted by molar-refractivity contribution is 5.87. The maximum Gasteiger partial charge on any atom is 0.306 e. The Morgan fingerprint density at radius 2 is 2.15 bits per heavy atom. The van der Waals surface area contributed by atoms with Crippen molar-refractivity contribution in [3.05, 3.63) is 29.5 Å². The molecule has 4 heteroatoms. The van der Waals surface area contributed by atoms with E-state index < -0.39 is 5.97 Å². The van der Waals surface area contributed by atoms with Crippen molar-refractivity contribution in [3.63, 3.8) is 0 Å². The fourth-order valence-corrected chi connectivity index (χ4v) is 2.75. The molecule has 1 aliphatic rings. The number of benzene rings is 1. The zero-order valence-corrected chi connectivity index (χ0v) is 12.2. The van der Waals surface area contributed by atoms with Gasteiger partial charge in [-0.15, -0.1) is 0 Å². The molecule has 2 aromatic rings. The zero-order chi connectivity index (χ0) is 14.7. The summed E-state index contributed by atoms with van der Waals surface area (Å²) >= 11 is 0. The molecule has 2 N–H and O–H groups in total. The summed E-state index contributed by atoms with van der Waals surface area (Å²) in [4.78, 5) is 14.4. The molecule has 1 aromatic heterocycles. The first-order chi connectivity index (χ1) is 9.69. The molecule has 0 aliphatic heterocycles. The predicted molar refractivity (Wildman–Crippen MR) is 79.3 cm³/mol. The average molecular weight is 275 g/mol. The van der Waals surface area contributed by atoms with Gasteiger partial charge in [0, 0.05) is 23.0 Å². The number of hydrogen-bond donors (Lipinski definition) is 2. The SMILES string of the molecule is CC.COc1ccc2[nH]c3c(c2c1)CCC(C(=O)O)C3. The van der Waals surface area contributed by atoms with Gasteiger partial charge >= 0.3 is 5.97 Å². The van der Waals surface area contributed by atoms with Gasteiger partial charge in [0.05, 0.1) is 13.0 Å². The molecule has 4 nitrogen and oxygen atoms in total. The van der Waals surface area contributed by atoms with E-state index in [4.69, 9.17) is 9.84 Å². The number of hydrogen-bond acceptors (Lipinski definition) is 2. The van der Waals surface area contributed by atoms with Crippen LogP contribution in [0.4, 0.5) is 0 Å². The van der Waals surface area contributed by atoms with Gasteiger partial charge in [0.15, 0.2) is 0 Å². The first kappa shape index (κ1) is 14.4. The van der Waals surface area contributed by atoms with Gasteiger partial charge in [-0.2, -0.15) is 0 Å². The number of methoxy groups -OCH3 is 1. The quantitative estimate of drug-likeness (QED) is 0.883. The lowest BCUT2D eigenvalue weighted by atomic mass is 9.87. The molecule has 0 bridgehead atoms. The molecule has 1 aliphatic carbocycles. The molecular weight excluding hydrogens is 254 g/mol. The summed E-state index contributed by atoms with van der Waals surface area (Å²) < 4.78 is 5.23. The molecule has 0 saturated heterocycles. The molecule has 108 valence electrons. The van der Waals surface area contributed by atoms with Crippen LogP contribution in [0, 0.1) is 5.92 Å². The molecule has 0 saturated carbocycles. The average Bonchev–Trinajstić information content (AvgIpc) is 2.85. The van der Waals surface area contributed by atoms with E-state index in [0.717, 1.165) is 28.8 Å². The number of fused-ring (bicyclic) bond motifs is 3. The van der Waals surface area contributed by atoms with Crippen molar-refractivity contribution in [2.75, 3.05) is 7.11 Å². The van der Waals surface area contributed by atoms with Gasteiger partial charge in [-0.3, -0.25) is 4.79 Å². The molecule has 3 rings (SSSR count). The monoisotopic (exact) mass is 275 g/mol. The minimum atomic E-state index is -0.697. The van der Waals surface area contributed by atoms with E-state index in [1.807, 2.05) is 32.0 Å². The van der Waals surface area contributed by atoms with Gasteiger partial charge in [-0.25, -0.2) is 0 Å². The van der Waals surface area contributed by atoms with Gasteiger partial charge in [-0.05, 0) is 36.6 Å². The van der Waals surface area contributed by atoms with Gasteiger partial charge in [0.25, 0.3) is 0 Å². The Kier molecular flexibility index (Phi) is 4.32. The van der Waals surface area contributed by atoms with Crippen LogP contribution in [0.25, 0.3) is 10.9 Å². The van der Waals surface area contributed by atoms with E-state index in [1.54, 1.807) is 7.11 Å². The largest absolute Gasteiger partial charge is 0.497 e. The van der Waals surface area contributed by atoms with E-state index in [0.29, 0.717) is 12.8 Å². The molecule has 20 heavy (non-hydrogen) atoms. The lowest BCUT2D eigenvalue weighted by Crippen LogP contribution is -2.21. The van der Waals surface area contributed by atoms with E-state index >= 15 is 0 Å². The van der Waals surface area contributed by atoms with Gasteiger partial charge in [0.1, 0.15) is 5.75 Å². The van der Waals surface area contributed by atoms with Gasteiger partial charge in [-0.1, -0.05) is 13.8 Å². The second kappa shape index (κ2) is 5.99. The van der Waals surface area contributed by atoms with Crippen LogP contribution < -0.4 is 4.74 Å². The Morgan fingerprint density at radius 3 is 2.80 bits per heavy atom. The van der Waals surface area contributed by atoms with Crippen molar-refractivity contribution in [2.24, 2.45) is 5.92 Å². The van der Waals surface area contributed by atoms with E-state index in [1.165, 1.54) is 5.56 Å². The molecule has 0 amide bonds. The standard InChI is InChI=1S/C14H15NO3.C2H6/c1-18-9-3-5-12-11(7-9)10-4-2-8(14(16)17)6-13(10)15-12;1-2/h3,5,7-8,15H,2,4,6H2,1H3,(H,16,17);1-2H3. The summed E-state index contributed by atoms with van der Waals surface area (Å²) in [5, 5.41) is 10.2.